The van der Waals surface area contributed by atoms with Crippen LogP contribution in [-0.4, -0.2) is 36.6 Å². The van der Waals surface area contributed by atoms with Crippen molar-refractivity contribution in [3.63, 3.8) is 0 Å². The molecule has 29 heavy (non-hydrogen) atoms. The van der Waals surface area contributed by atoms with Crippen LogP contribution in [0.1, 0.15) is 62.0 Å². The van der Waals surface area contributed by atoms with Gasteiger partial charge in [0.25, 0.3) is 0 Å². The third-order valence-corrected chi connectivity index (χ3v) is 6.56. The Morgan fingerprint density at radius 1 is 0.828 bits per heavy atom. The summed E-state index contributed by atoms with van der Waals surface area (Å²) in [6.07, 6.45) is 8.95. The lowest BCUT2D eigenvalue weighted by molar-refractivity contribution is -0.152. The van der Waals surface area contributed by atoms with Crippen molar-refractivity contribution in [2.75, 3.05) is 19.6 Å². The van der Waals surface area contributed by atoms with E-state index in [1.54, 1.807) is 0 Å². The maximum atomic E-state index is 13.2. The summed E-state index contributed by atoms with van der Waals surface area (Å²) >= 11 is 0. The van der Waals surface area contributed by atoms with Crippen molar-refractivity contribution in [1.29, 1.82) is 0 Å². The van der Waals surface area contributed by atoms with Crippen molar-refractivity contribution in [2.45, 2.75) is 57.0 Å². The van der Waals surface area contributed by atoms with Crippen molar-refractivity contribution in [3.8, 4) is 0 Å². The first-order chi connectivity index (χ1) is 14.3. The number of carbonyl (C=O) groups is 1. The van der Waals surface area contributed by atoms with Crippen molar-refractivity contribution < 1.29 is 9.53 Å². The molecule has 2 fully saturated rings. The summed E-state index contributed by atoms with van der Waals surface area (Å²) < 4.78 is 6.04. The fourth-order valence-electron chi connectivity index (χ4n) is 4.93. The molecule has 1 saturated carbocycles. The van der Waals surface area contributed by atoms with Crippen LogP contribution in [-0.2, 0) is 9.53 Å². The molecule has 0 N–H and O–H groups in total. The van der Waals surface area contributed by atoms with Crippen molar-refractivity contribution in [2.24, 2.45) is 5.92 Å². The van der Waals surface area contributed by atoms with Crippen molar-refractivity contribution in [1.82, 2.24) is 4.90 Å². The van der Waals surface area contributed by atoms with Crippen molar-refractivity contribution >= 4 is 5.97 Å². The Hall–Kier alpha value is -2.13. The second-order valence-corrected chi connectivity index (χ2v) is 8.70. The SMILES string of the molecule is O=C(OC1CCN(CC2CCCCC2)CC1)C(c1ccccc1)c1ccccc1. The molecule has 0 aromatic heterocycles. The summed E-state index contributed by atoms with van der Waals surface area (Å²) in [6.45, 7) is 3.34. The van der Waals surface area contributed by atoms with Crippen LogP contribution in [0.2, 0.25) is 0 Å². The maximum Gasteiger partial charge on any atom is 0.318 e. The van der Waals surface area contributed by atoms with Gasteiger partial charge < -0.3 is 9.64 Å². The molecule has 0 amide bonds. The predicted octanol–water partition coefficient (Wildman–Crippen LogP) is 5.41. The van der Waals surface area contributed by atoms with Gasteiger partial charge in [0.05, 0.1) is 0 Å². The molecule has 1 heterocycles. The minimum atomic E-state index is -0.349. The molecule has 4 rings (SSSR count). The van der Waals surface area contributed by atoms with Crippen LogP contribution in [0.5, 0.6) is 0 Å². The summed E-state index contributed by atoms with van der Waals surface area (Å²) in [7, 11) is 0. The van der Waals surface area contributed by atoms with E-state index >= 15 is 0 Å². The van der Waals surface area contributed by atoms with Gasteiger partial charge in [-0.2, -0.15) is 0 Å². The number of hydrogen-bond donors (Lipinski definition) is 0. The third-order valence-electron chi connectivity index (χ3n) is 6.56. The van der Waals surface area contributed by atoms with Crippen LogP contribution in [0.15, 0.2) is 60.7 Å². The fraction of sp³-hybridized carbons (Fsp3) is 0.500. The van der Waals surface area contributed by atoms with Gasteiger partial charge in [0.1, 0.15) is 12.0 Å². The number of piperidine rings is 1. The highest BCUT2D eigenvalue weighted by Crippen LogP contribution is 2.29. The Morgan fingerprint density at radius 2 is 1.38 bits per heavy atom. The molecule has 0 bridgehead atoms. The molecule has 2 aromatic rings. The average molecular weight is 392 g/mol. The van der Waals surface area contributed by atoms with E-state index < -0.39 is 0 Å². The van der Waals surface area contributed by atoms with E-state index in [2.05, 4.69) is 4.90 Å². The van der Waals surface area contributed by atoms with Gasteiger partial charge in [-0.15, -0.1) is 0 Å². The highest BCUT2D eigenvalue weighted by atomic mass is 16.5. The van der Waals surface area contributed by atoms with E-state index in [1.165, 1.54) is 38.6 Å². The molecule has 1 saturated heterocycles. The Balaban J connectivity index is 1.35. The van der Waals surface area contributed by atoms with Gasteiger partial charge >= 0.3 is 5.97 Å². The number of ether oxygens (including phenoxy) is 1. The minimum absolute atomic E-state index is 0.0417. The molecule has 1 aliphatic carbocycles. The van der Waals surface area contributed by atoms with Gasteiger partial charge in [-0.1, -0.05) is 79.9 Å². The van der Waals surface area contributed by atoms with Gasteiger partial charge in [-0.3, -0.25) is 4.79 Å². The Kier molecular flexibility index (Phi) is 7.00. The largest absolute Gasteiger partial charge is 0.462 e. The zero-order chi connectivity index (χ0) is 19.9. The Labute approximate surface area is 175 Å². The highest BCUT2D eigenvalue weighted by Gasteiger charge is 2.29. The van der Waals surface area contributed by atoms with E-state index in [1.807, 2.05) is 60.7 Å². The molecule has 1 aliphatic heterocycles. The Bertz CT molecular complexity index is 707. The normalized spacial score (nSPS) is 19.3. The number of likely N-dealkylation sites (tertiary alicyclic amines) is 1. The zero-order valence-electron chi connectivity index (χ0n) is 17.3. The van der Waals surface area contributed by atoms with Crippen molar-refractivity contribution in [3.05, 3.63) is 71.8 Å². The highest BCUT2D eigenvalue weighted by molar-refractivity contribution is 5.82. The second kappa shape index (κ2) is 10.1. The first-order valence-electron chi connectivity index (χ1n) is 11.3. The molecular weight excluding hydrogens is 358 g/mol. The molecule has 0 atom stereocenters. The molecular formula is C26H33NO2. The molecule has 2 aliphatic rings. The summed E-state index contributed by atoms with van der Waals surface area (Å²) in [5, 5.41) is 0. The van der Waals surface area contributed by atoms with E-state index in [0.29, 0.717) is 0 Å². The summed E-state index contributed by atoms with van der Waals surface area (Å²) in [5.74, 6) is 0.411. The van der Waals surface area contributed by atoms with Gasteiger partial charge in [-0.25, -0.2) is 0 Å². The molecule has 0 spiro atoms. The van der Waals surface area contributed by atoms with Crippen LogP contribution in [0, 0.1) is 5.92 Å². The predicted molar refractivity (Wildman–Crippen MR) is 117 cm³/mol. The van der Waals surface area contributed by atoms with Gasteiger partial charge in [-0.05, 0) is 42.7 Å². The fourth-order valence-corrected chi connectivity index (χ4v) is 4.93. The first kappa shape index (κ1) is 20.2. The number of esters is 1. The molecule has 2 aromatic carbocycles. The van der Waals surface area contributed by atoms with Gasteiger partial charge in [0.2, 0.25) is 0 Å². The van der Waals surface area contributed by atoms with Crippen LogP contribution >= 0.6 is 0 Å². The van der Waals surface area contributed by atoms with Gasteiger partial charge in [0, 0.05) is 19.6 Å². The summed E-state index contributed by atoms with van der Waals surface area (Å²) in [4.78, 5) is 15.8. The second-order valence-electron chi connectivity index (χ2n) is 8.70. The smallest absolute Gasteiger partial charge is 0.318 e. The standard InChI is InChI=1S/C26H33NO2/c28-26(25(22-12-6-2-7-13-22)23-14-8-3-9-15-23)29-24-16-18-27(19-17-24)20-21-10-4-1-5-11-21/h2-3,6-9,12-15,21,24-25H,1,4-5,10-11,16-20H2. The Morgan fingerprint density at radius 3 is 1.93 bits per heavy atom. The number of benzene rings is 2. The molecule has 154 valence electrons. The maximum absolute atomic E-state index is 13.2. The quantitative estimate of drug-likeness (QED) is 0.617. The number of rotatable bonds is 6. The minimum Gasteiger partial charge on any atom is -0.462 e. The lowest BCUT2D eigenvalue weighted by atomic mass is 9.88. The molecule has 3 nitrogen and oxygen atoms in total. The lowest BCUT2D eigenvalue weighted by Gasteiger charge is -2.35. The number of nitrogens with zero attached hydrogens (tertiary/aromatic N) is 1. The van der Waals surface area contributed by atoms with Gasteiger partial charge in [0.15, 0.2) is 0 Å². The van der Waals surface area contributed by atoms with Crippen LogP contribution in [0.3, 0.4) is 0 Å². The van der Waals surface area contributed by atoms with Crippen LogP contribution in [0.4, 0.5) is 0 Å². The number of hydrogen-bond acceptors (Lipinski definition) is 3. The topological polar surface area (TPSA) is 29.5 Å². The zero-order valence-corrected chi connectivity index (χ0v) is 17.3. The summed E-state index contributed by atoms with van der Waals surface area (Å²) in [5.41, 5.74) is 2.00. The van der Waals surface area contributed by atoms with E-state index in [9.17, 15) is 4.79 Å². The first-order valence-corrected chi connectivity index (χ1v) is 11.3. The number of carbonyl (C=O) groups excluding carboxylic acids is 1. The summed E-state index contributed by atoms with van der Waals surface area (Å²) in [6, 6.07) is 20.0. The molecule has 0 unspecified atom stereocenters. The molecule has 0 radical (unpaired) electrons. The van der Waals surface area contributed by atoms with Crippen LogP contribution < -0.4 is 0 Å². The molecule has 3 heteroatoms. The monoisotopic (exact) mass is 391 g/mol. The van der Waals surface area contributed by atoms with E-state index in [-0.39, 0.29) is 18.0 Å². The lowest BCUT2D eigenvalue weighted by Crippen LogP contribution is -2.41. The third kappa shape index (κ3) is 5.48. The van der Waals surface area contributed by atoms with E-state index in [4.69, 9.17) is 4.74 Å². The van der Waals surface area contributed by atoms with E-state index in [0.717, 1.165) is 43.0 Å². The van der Waals surface area contributed by atoms with Crippen LogP contribution in [0.25, 0.3) is 0 Å². The average Bonchev–Trinajstić information content (AvgIpc) is 2.78.